The molecule has 0 unspecified atom stereocenters. The number of hydrogen-bond donors (Lipinski definition) is 1. The van der Waals surface area contributed by atoms with Gasteiger partial charge < -0.3 is 14.5 Å². The Morgan fingerprint density at radius 2 is 1.81 bits per heavy atom. The number of anilines is 1. The van der Waals surface area contributed by atoms with E-state index in [2.05, 4.69) is 31.1 Å². The third-order valence-corrected chi connectivity index (χ3v) is 7.60. The van der Waals surface area contributed by atoms with Crippen molar-refractivity contribution in [3.05, 3.63) is 58.6 Å². The van der Waals surface area contributed by atoms with Crippen LogP contribution >= 0.6 is 15.9 Å². The minimum absolute atomic E-state index is 0.0931. The van der Waals surface area contributed by atoms with Crippen molar-refractivity contribution in [1.29, 1.82) is 0 Å². The molecule has 1 saturated heterocycles. The molecule has 4 rings (SSSR count). The normalized spacial score (nSPS) is 15.1. The largest absolute Gasteiger partial charge is 0.419 e. The van der Waals surface area contributed by atoms with Crippen molar-refractivity contribution in [1.82, 2.24) is 9.88 Å². The van der Waals surface area contributed by atoms with Gasteiger partial charge in [0.15, 0.2) is 0 Å². The van der Waals surface area contributed by atoms with Gasteiger partial charge in [-0.05, 0) is 55.8 Å². The number of ether oxygens (including phenoxy) is 1. The molecule has 170 valence electrons. The summed E-state index contributed by atoms with van der Waals surface area (Å²) >= 11 is 3.35. The van der Waals surface area contributed by atoms with Crippen LogP contribution in [0, 0.1) is 6.92 Å². The molecule has 9 heteroatoms. The van der Waals surface area contributed by atoms with E-state index >= 15 is 0 Å². The van der Waals surface area contributed by atoms with Gasteiger partial charge in [-0.1, -0.05) is 34.1 Å². The van der Waals surface area contributed by atoms with Gasteiger partial charge in [0.05, 0.1) is 18.1 Å². The summed E-state index contributed by atoms with van der Waals surface area (Å²) in [5.41, 5.74) is 1.72. The monoisotopic (exact) mass is 519 g/mol. The van der Waals surface area contributed by atoms with Crippen LogP contribution in [0.4, 0.5) is 5.88 Å². The van der Waals surface area contributed by atoms with Gasteiger partial charge in [-0.2, -0.15) is 4.98 Å². The first-order valence-electron chi connectivity index (χ1n) is 10.6. The Morgan fingerprint density at radius 3 is 2.53 bits per heavy atom. The van der Waals surface area contributed by atoms with Crippen LogP contribution in [0.15, 0.2) is 67.3 Å². The summed E-state index contributed by atoms with van der Waals surface area (Å²) in [6, 6.07) is 14.1. The lowest BCUT2D eigenvalue weighted by Crippen LogP contribution is -2.37. The lowest BCUT2D eigenvalue weighted by Gasteiger charge is -2.26. The lowest BCUT2D eigenvalue weighted by atomic mass is 10.1. The van der Waals surface area contributed by atoms with Gasteiger partial charge >= 0.3 is 0 Å². The number of aromatic nitrogens is 1. The minimum atomic E-state index is -3.86. The highest BCUT2D eigenvalue weighted by atomic mass is 79.9. The van der Waals surface area contributed by atoms with E-state index in [4.69, 9.17) is 9.15 Å². The van der Waals surface area contributed by atoms with Crippen LogP contribution in [0.2, 0.25) is 0 Å². The SMILES string of the molecule is Cc1ccccc1-c1nc(S(=O)(=O)c2ccc(Br)cc2)c(NCCCN2CCOCC2)o1. The number of rotatable bonds is 8. The first kappa shape index (κ1) is 23.0. The smallest absolute Gasteiger partial charge is 0.233 e. The second kappa shape index (κ2) is 10.2. The van der Waals surface area contributed by atoms with E-state index in [1.165, 1.54) is 0 Å². The molecule has 32 heavy (non-hydrogen) atoms. The van der Waals surface area contributed by atoms with E-state index in [0.717, 1.165) is 54.9 Å². The maximum absolute atomic E-state index is 13.4. The van der Waals surface area contributed by atoms with Crippen LogP contribution < -0.4 is 5.32 Å². The van der Waals surface area contributed by atoms with Crippen LogP contribution in [0.1, 0.15) is 12.0 Å². The van der Waals surface area contributed by atoms with E-state index in [1.807, 2.05) is 31.2 Å². The Kier molecular flexibility index (Phi) is 7.30. The van der Waals surface area contributed by atoms with Crippen LogP contribution in [0.3, 0.4) is 0 Å². The van der Waals surface area contributed by atoms with E-state index < -0.39 is 9.84 Å². The standard InChI is InChI=1S/C23H26BrN3O4S/c1-17-5-2-3-6-20(17)21-26-23(32(28,29)19-9-7-18(24)8-10-19)22(31-21)25-11-4-12-27-13-15-30-16-14-27/h2-3,5-10,25H,4,11-16H2,1H3. The zero-order valence-electron chi connectivity index (χ0n) is 17.9. The van der Waals surface area contributed by atoms with E-state index in [1.54, 1.807) is 24.3 Å². The maximum Gasteiger partial charge on any atom is 0.233 e. The highest BCUT2D eigenvalue weighted by molar-refractivity contribution is 9.10. The summed E-state index contributed by atoms with van der Waals surface area (Å²) in [5.74, 6) is 0.461. The van der Waals surface area contributed by atoms with Crippen LogP contribution in [0.5, 0.6) is 0 Å². The predicted molar refractivity (Wildman–Crippen MR) is 127 cm³/mol. The molecule has 1 aliphatic rings. The summed E-state index contributed by atoms with van der Waals surface area (Å²) in [5, 5.41) is 3.08. The van der Waals surface area contributed by atoms with E-state index in [-0.39, 0.29) is 21.7 Å². The second-order valence-electron chi connectivity index (χ2n) is 7.66. The molecule has 0 bridgehead atoms. The van der Waals surface area contributed by atoms with Crippen molar-refractivity contribution >= 4 is 31.7 Å². The summed E-state index contributed by atoms with van der Waals surface area (Å²) in [6.07, 6.45) is 0.845. The van der Waals surface area contributed by atoms with Gasteiger partial charge in [-0.3, -0.25) is 4.90 Å². The molecule has 0 spiro atoms. The van der Waals surface area contributed by atoms with Gasteiger partial charge in [0.25, 0.3) is 0 Å². The third kappa shape index (κ3) is 5.23. The highest BCUT2D eigenvalue weighted by Crippen LogP contribution is 2.33. The molecule has 7 nitrogen and oxygen atoms in total. The number of nitrogens with zero attached hydrogens (tertiary/aromatic N) is 2. The van der Waals surface area contributed by atoms with Gasteiger partial charge in [0.2, 0.25) is 26.6 Å². The van der Waals surface area contributed by atoms with Crippen molar-refractivity contribution < 1.29 is 17.6 Å². The molecular weight excluding hydrogens is 494 g/mol. The number of oxazole rings is 1. The Labute approximate surface area is 196 Å². The zero-order chi connectivity index (χ0) is 22.6. The van der Waals surface area contributed by atoms with E-state index in [0.29, 0.717) is 6.54 Å². The molecule has 2 aromatic carbocycles. The molecule has 1 aliphatic heterocycles. The number of aryl methyl sites for hydroxylation is 1. The van der Waals surface area contributed by atoms with Crippen molar-refractivity contribution in [3.8, 4) is 11.5 Å². The minimum Gasteiger partial charge on any atom is -0.419 e. The van der Waals surface area contributed by atoms with Gasteiger partial charge in [0.1, 0.15) is 0 Å². The summed E-state index contributed by atoms with van der Waals surface area (Å²) in [7, 11) is -3.86. The van der Waals surface area contributed by atoms with Crippen LogP contribution in [-0.2, 0) is 14.6 Å². The predicted octanol–water partition coefficient (Wildman–Crippen LogP) is 4.38. The Bertz CT molecular complexity index is 1160. The number of sulfone groups is 1. The summed E-state index contributed by atoms with van der Waals surface area (Å²) < 4.78 is 38.9. The van der Waals surface area contributed by atoms with E-state index in [9.17, 15) is 8.42 Å². The first-order chi connectivity index (χ1) is 15.4. The fraction of sp³-hybridized carbons (Fsp3) is 0.348. The molecule has 0 amide bonds. The number of hydrogen-bond acceptors (Lipinski definition) is 7. The quantitative estimate of drug-likeness (QED) is 0.442. The van der Waals surface area contributed by atoms with Crippen molar-refractivity contribution in [2.24, 2.45) is 0 Å². The molecule has 1 fully saturated rings. The summed E-state index contributed by atoms with van der Waals surface area (Å²) in [6.45, 7) is 6.77. The molecule has 1 N–H and O–H groups in total. The molecule has 0 radical (unpaired) electrons. The second-order valence-corrected chi connectivity index (χ2v) is 10.4. The number of benzene rings is 2. The maximum atomic E-state index is 13.4. The van der Waals surface area contributed by atoms with Gasteiger partial charge in [-0.15, -0.1) is 0 Å². The topological polar surface area (TPSA) is 84.7 Å². The highest BCUT2D eigenvalue weighted by Gasteiger charge is 2.28. The number of halogens is 1. The lowest BCUT2D eigenvalue weighted by molar-refractivity contribution is 0.0378. The average Bonchev–Trinajstić information content (AvgIpc) is 3.23. The molecule has 0 atom stereocenters. The molecule has 2 heterocycles. The van der Waals surface area contributed by atoms with Gasteiger partial charge in [0, 0.05) is 29.7 Å². The number of nitrogens with one attached hydrogen (secondary N) is 1. The van der Waals surface area contributed by atoms with Crippen LogP contribution in [-0.4, -0.2) is 57.7 Å². The fourth-order valence-electron chi connectivity index (χ4n) is 3.58. The molecule has 0 saturated carbocycles. The van der Waals surface area contributed by atoms with Crippen molar-refractivity contribution in [2.75, 3.05) is 44.7 Å². The molecule has 3 aromatic rings. The average molecular weight is 520 g/mol. The fourth-order valence-corrected chi connectivity index (χ4v) is 5.13. The summed E-state index contributed by atoms with van der Waals surface area (Å²) in [4.78, 5) is 6.93. The van der Waals surface area contributed by atoms with Gasteiger partial charge in [-0.25, -0.2) is 8.42 Å². The molecular formula is C23H26BrN3O4S. The van der Waals surface area contributed by atoms with Crippen LogP contribution in [0.25, 0.3) is 11.5 Å². The third-order valence-electron chi connectivity index (χ3n) is 5.39. The Balaban J connectivity index is 1.60. The zero-order valence-corrected chi connectivity index (χ0v) is 20.3. The first-order valence-corrected chi connectivity index (χ1v) is 12.8. The van der Waals surface area contributed by atoms with Crippen molar-refractivity contribution in [2.45, 2.75) is 23.3 Å². The Hall–Kier alpha value is -2.20. The molecule has 1 aromatic heterocycles. The molecule has 0 aliphatic carbocycles. The Morgan fingerprint density at radius 1 is 1.09 bits per heavy atom. The number of morpholine rings is 1. The van der Waals surface area contributed by atoms with Crippen molar-refractivity contribution in [3.63, 3.8) is 0 Å².